The van der Waals surface area contributed by atoms with Crippen molar-refractivity contribution in [2.24, 2.45) is 5.73 Å². The second-order valence-corrected chi connectivity index (χ2v) is 4.51. The molecule has 0 aliphatic heterocycles. The minimum absolute atomic E-state index is 0. The Bertz CT molecular complexity index is 393. The summed E-state index contributed by atoms with van der Waals surface area (Å²) in [5, 5.41) is 3.00. The topological polar surface area (TPSA) is 55.1 Å². The first-order chi connectivity index (χ1) is 7.66. The summed E-state index contributed by atoms with van der Waals surface area (Å²) >= 11 is 0. The molecule has 2 atom stereocenters. The summed E-state index contributed by atoms with van der Waals surface area (Å²) < 4.78 is 0. The van der Waals surface area contributed by atoms with Gasteiger partial charge in [0.15, 0.2) is 0 Å². The van der Waals surface area contributed by atoms with E-state index < -0.39 is 6.04 Å². The molecule has 0 fully saturated rings. The summed E-state index contributed by atoms with van der Waals surface area (Å²) in [5.74, 6) is -0.0515. The molecule has 0 bridgehead atoms. The van der Waals surface area contributed by atoms with Gasteiger partial charge in [0, 0.05) is 6.04 Å². The number of fused-ring (bicyclic) bond motifs is 1. The number of carbonyl (C=O) groups is 1. The zero-order valence-corrected chi connectivity index (χ0v) is 10.8. The maximum atomic E-state index is 11.5. The fourth-order valence-corrected chi connectivity index (χ4v) is 2.15. The smallest absolute Gasteiger partial charge is 0.236 e. The van der Waals surface area contributed by atoms with Crippen molar-refractivity contribution in [1.82, 2.24) is 5.32 Å². The van der Waals surface area contributed by atoms with Gasteiger partial charge in [0.1, 0.15) is 0 Å². The van der Waals surface area contributed by atoms with Crippen molar-refractivity contribution in [2.45, 2.75) is 38.3 Å². The summed E-state index contributed by atoms with van der Waals surface area (Å²) in [6, 6.07) is 8.25. The molecule has 0 saturated heterocycles. The summed E-state index contributed by atoms with van der Waals surface area (Å²) in [4.78, 5) is 11.5. The first-order valence-electron chi connectivity index (χ1n) is 5.79. The summed E-state index contributed by atoms with van der Waals surface area (Å²) in [6.45, 7) is 1.71. The van der Waals surface area contributed by atoms with Crippen molar-refractivity contribution < 1.29 is 4.79 Å². The molecule has 0 heterocycles. The molecule has 1 aliphatic carbocycles. The zero-order chi connectivity index (χ0) is 11.5. The second-order valence-electron chi connectivity index (χ2n) is 4.51. The van der Waals surface area contributed by atoms with Gasteiger partial charge in [-0.25, -0.2) is 0 Å². The molecule has 0 aromatic heterocycles. The van der Waals surface area contributed by atoms with Crippen LogP contribution in [0.5, 0.6) is 0 Å². The molecule has 3 nitrogen and oxygen atoms in total. The summed E-state index contributed by atoms with van der Waals surface area (Å²) in [5.41, 5.74) is 8.30. The van der Waals surface area contributed by atoms with Gasteiger partial charge in [-0.2, -0.15) is 0 Å². The molecule has 3 N–H and O–H groups in total. The normalized spacial score (nSPS) is 19.8. The highest BCUT2D eigenvalue weighted by molar-refractivity contribution is 5.85. The molecular formula is C13H19ClN2O. The van der Waals surface area contributed by atoms with Crippen LogP contribution in [0.4, 0.5) is 0 Å². The quantitative estimate of drug-likeness (QED) is 0.839. The van der Waals surface area contributed by atoms with Crippen LogP contribution in [0.1, 0.15) is 24.5 Å². The van der Waals surface area contributed by atoms with Crippen molar-refractivity contribution >= 4 is 18.3 Å². The maximum absolute atomic E-state index is 11.5. The lowest BCUT2D eigenvalue weighted by atomic mass is 9.88. The third-order valence-corrected chi connectivity index (χ3v) is 3.11. The first-order valence-corrected chi connectivity index (χ1v) is 5.79. The van der Waals surface area contributed by atoms with E-state index >= 15 is 0 Å². The number of aryl methyl sites for hydroxylation is 1. The van der Waals surface area contributed by atoms with Gasteiger partial charge in [-0.05, 0) is 37.3 Å². The van der Waals surface area contributed by atoms with Crippen molar-refractivity contribution in [2.75, 3.05) is 0 Å². The lowest BCUT2D eigenvalue weighted by molar-refractivity contribution is -0.122. The number of carbonyl (C=O) groups excluding carboxylic acids is 1. The van der Waals surface area contributed by atoms with Gasteiger partial charge in [-0.15, -0.1) is 12.4 Å². The van der Waals surface area contributed by atoms with Gasteiger partial charge in [-0.1, -0.05) is 24.3 Å². The van der Waals surface area contributed by atoms with E-state index in [4.69, 9.17) is 5.73 Å². The minimum atomic E-state index is -0.419. The predicted molar refractivity (Wildman–Crippen MR) is 71.3 cm³/mol. The zero-order valence-electron chi connectivity index (χ0n) is 9.98. The number of benzene rings is 1. The predicted octanol–water partition coefficient (Wildman–Crippen LogP) is 1.43. The summed E-state index contributed by atoms with van der Waals surface area (Å²) in [6.07, 6.45) is 2.98. The minimum Gasteiger partial charge on any atom is -0.352 e. The van der Waals surface area contributed by atoms with Crippen molar-refractivity contribution in [3.05, 3.63) is 35.4 Å². The molecule has 1 unspecified atom stereocenters. The van der Waals surface area contributed by atoms with Crippen LogP contribution < -0.4 is 11.1 Å². The molecule has 2 rings (SSSR count). The maximum Gasteiger partial charge on any atom is 0.236 e. The summed E-state index contributed by atoms with van der Waals surface area (Å²) in [7, 11) is 0. The molecule has 0 spiro atoms. The number of nitrogens with one attached hydrogen (secondary N) is 1. The Kier molecular flexibility index (Phi) is 4.97. The Labute approximate surface area is 108 Å². The molecule has 1 aromatic rings. The highest BCUT2D eigenvalue weighted by Crippen LogP contribution is 2.20. The molecule has 1 aromatic carbocycles. The van der Waals surface area contributed by atoms with Gasteiger partial charge >= 0.3 is 0 Å². The molecule has 94 valence electrons. The molecule has 1 aliphatic rings. The van der Waals surface area contributed by atoms with Crippen LogP contribution in [-0.4, -0.2) is 18.0 Å². The number of rotatable bonds is 2. The third kappa shape index (κ3) is 3.45. The van der Waals surface area contributed by atoms with Crippen LogP contribution in [0.3, 0.4) is 0 Å². The Hall–Kier alpha value is -1.06. The highest BCUT2D eigenvalue weighted by atomic mass is 35.5. The molecule has 17 heavy (non-hydrogen) atoms. The van der Waals surface area contributed by atoms with Gasteiger partial charge in [0.25, 0.3) is 0 Å². The van der Waals surface area contributed by atoms with Crippen LogP contribution in [0.25, 0.3) is 0 Å². The first kappa shape index (κ1) is 14.0. The van der Waals surface area contributed by atoms with Gasteiger partial charge < -0.3 is 11.1 Å². The van der Waals surface area contributed by atoms with Gasteiger partial charge in [0.05, 0.1) is 6.04 Å². The van der Waals surface area contributed by atoms with E-state index in [1.807, 2.05) is 0 Å². The highest BCUT2D eigenvalue weighted by Gasteiger charge is 2.20. The van der Waals surface area contributed by atoms with E-state index in [-0.39, 0.29) is 24.4 Å². The Morgan fingerprint density at radius 2 is 2.06 bits per heavy atom. The lowest BCUT2D eigenvalue weighted by Crippen LogP contribution is -2.45. The number of amides is 1. The Morgan fingerprint density at radius 3 is 2.71 bits per heavy atom. The average molecular weight is 255 g/mol. The molecule has 0 saturated carbocycles. The molecule has 1 amide bonds. The van der Waals surface area contributed by atoms with E-state index in [1.54, 1.807) is 6.92 Å². The molecule has 0 radical (unpaired) electrons. The second kappa shape index (κ2) is 6.03. The van der Waals surface area contributed by atoms with Crippen LogP contribution >= 0.6 is 12.4 Å². The average Bonchev–Trinajstić information content (AvgIpc) is 2.28. The van der Waals surface area contributed by atoms with E-state index in [1.165, 1.54) is 11.1 Å². The SMILES string of the molecule is C[C@H](N)C(=O)NC1CCc2ccccc2C1.Cl. The van der Waals surface area contributed by atoms with Gasteiger partial charge in [0.2, 0.25) is 5.91 Å². The third-order valence-electron chi connectivity index (χ3n) is 3.11. The van der Waals surface area contributed by atoms with Crippen LogP contribution in [0.15, 0.2) is 24.3 Å². The fourth-order valence-electron chi connectivity index (χ4n) is 2.15. The van der Waals surface area contributed by atoms with E-state index in [9.17, 15) is 4.79 Å². The van der Waals surface area contributed by atoms with E-state index in [0.29, 0.717) is 0 Å². The monoisotopic (exact) mass is 254 g/mol. The lowest BCUT2D eigenvalue weighted by Gasteiger charge is -2.26. The standard InChI is InChI=1S/C13H18N2O.ClH/c1-9(14)13(16)15-12-7-6-10-4-2-3-5-11(10)8-12;/h2-5,9,12H,6-8,14H2,1H3,(H,15,16);1H/t9-,12?;/m0./s1. The van der Waals surface area contributed by atoms with Crippen LogP contribution in [0.2, 0.25) is 0 Å². The fraction of sp³-hybridized carbons (Fsp3) is 0.462. The molecule has 4 heteroatoms. The molecular weight excluding hydrogens is 236 g/mol. The van der Waals surface area contributed by atoms with Crippen molar-refractivity contribution in [3.8, 4) is 0 Å². The van der Waals surface area contributed by atoms with Crippen LogP contribution in [-0.2, 0) is 17.6 Å². The Balaban J connectivity index is 0.00000144. The van der Waals surface area contributed by atoms with Crippen molar-refractivity contribution in [1.29, 1.82) is 0 Å². The van der Waals surface area contributed by atoms with E-state index in [2.05, 4.69) is 29.6 Å². The van der Waals surface area contributed by atoms with Crippen molar-refractivity contribution in [3.63, 3.8) is 0 Å². The number of halogens is 1. The Morgan fingerprint density at radius 1 is 1.41 bits per heavy atom. The number of nitrogens with two attached hydrogens (primary N) is 1. The van der Waals surface area contributed by atoms with E-state index in [0.717, 1.165) is 19.3 Å². The number of hydrogen-bond acceptors (Lipinski definition) is 2. The number of hydrogen-bond donors (Lipinski definition) is 2. The van der Waals surface area contributed by atoms with Gasteiger partial charge in [-0.3, -0.25) is 4.79 Å². The van der Waals surface area contributed by atoms with Crippen LogP contribution in [0, 0.1) is 0 Å². The largest absolute Gasteiger partial charge is 0.352 e.